The minimum absolute atomic E-state index is 0.806. The normalized spacial score (nSPS) is 11.7. The second kappa shape index (κ2) is 3.54. The highest BCUT2D eigenvalue weighted by molar-refractivity contribution is 7.13. The fourth-order valence-electron chi connectivity index (χ4n) is 0.903. The van der Waals surface area contributed by atoms with Gasteiger partial charge in [-0.25, -0.2) is 4.79 Å². The van der Waals surface area contributed by atoms with Crippen LogP contribution in [0.2, 0.25) is 0 Å². The third-order valence-corrected chi connectivity index (χ3v) is 2.61. The first-order valence-electron chi connectivity index (χ1n) is 3.57. The SMILES string of the molecule is C/C(=C/C(=O)O)c1ccc(C)s1. The lowest BCUT2D eigenvalue weighted by molar-refractivity contribution is -0.131. The zero-order valence-electron chi connectivity index (χ0n) is 7.00. The van der Waals surface area contributed by atoms with Gasteiger partial charge in [0.15, 0.2) is 0 Å². The molecule has 0 aliphatic carbocycles. The van der Waals surface area contributed by atoms with Crippen LogP contribution in [0.5, 0.6) is 0 Å². The van der Waals surface area contributed by atoms with Crippen LogP contribution in [0.25, 0.3) is 5.57 Å². The van der Waals surface area contributed by atoms with Crippen molar-refractivity contribution in [2.75, 3.05) is 0 Å². The van der Waals surface area contributed by atoms with Crippen molar-refractivity contribution in [3.05, 3.63) is 28.0 Å². The molecular formula is C9H10O2S. The number of carboxylic acids is 1. The van der Waals surface area contributed by atoms with Crippen LogP contribution in [0.15, 0.2) is 18.2 Å². The summed E-state index contributed by atoms with van der Waals surface area (Å²) in [6.07, 6.45) is 1.23. The lowest BCUT2D eigenvalue weighted by Gasteiger charge is -1.92. The fourth-order valence-corrected chi connectivity index (χ4v) is 1.74. The van der Waals surface area contributed by atoms with E-state index in [9.17, 15) is 4.79 Å². The summed E-state index contributed by atoms with van der Waals surface area (Å²) in [6, 6.07) is 3.92. The largest absolute Gasteiger partial charge is 0.478 e. The Hall–Kier alpha value is -1.09. The van der Waals surface area contributed by atoms with E-state index in [2.05, 4.69) is 0 Å². The number of hydrogen-bond donors (Lipinski definition) is 1. The molecule has 3 heteroatoms. The molecular weight excluding hydrogens is 172 g/mol. The van der Waals surface area contributed by atoms with Crippen LogP contribution in [0.1, 0.15) is 16.7 Å². The van der Waals surface area contributed by atoms with Gasteiger partial charge < -0.3 is 5.11 Å². The van der Waals surface area contributed by atoms with Crippen LogP contribution >= 0.6 is 11.3 Å². The molecule has 0 unspecified atom stereocenters. The van der Waals surface area contributed by atoms with Gasteiger partial charge in [-0.05, 0) is 31.6 Å². The predicted molar refractivity (Wildman–Crippen MR) is 50.3 cm³/mol. The minimum atomic E-state index is -0.890. The highest BCUT2D eigenvalue weighted by Crippen LogP contribution is 2.22. The lowest BCUT2D eigenvalue weighted by atomic mass is 10.2. The van der Waals surface area contributed by atoms with Crippen molar-refractivity contribution >= 4 is 22.9 Å². The van der Waals surface area contributed by atoms with Crippen LogP contribution in [0.4, 0.5) is 0 Å². The minimum Gasteiger partial charge on any atom is -0.478 e. The van der Waals surface area contributed by atoms with Gasteiger partial charge in [0.25, 0.3) is 0 Å². The van der Waals surface area contributed by atoms with E-state index in [1.54, 1.807) is 18.3 Å². The zero-order chi connectivity index (χ0) is 9.14. The van der Waals surface area contributed by atoms with Crippen LogP contribution in [-0.2, 0) is 4.79 Å². The molecule has 0 aliphatic rings. The van der Waals surface area contributed by atoms with E-state index in [1.165, 1.54) is 11.0 Å². The predicted octanol–water partition coefficient (Wildman–Crippen LogP) is 2.54. The van der Waals surface area contributed by atoms with Crippen molar-refractivity contribution in [2.24, 2.45) is 0 Å². The number of carboxylic acid groups (broad SMARTS) is 1. The molecule has 0 amide bonds. The van der Waals surface area contributed by atoms with Gasteiger partial charge in [0.1, 0.15) is 0 Å². The third-order valence-electron chi connectivity index (χ3n) is 1.47. The first-order chi connectivity index (χ1) is 5.59. The van der Waals surface area contributed by atoms with Gasteiger partial charge in [-0.2, -0.15) is 0 Å². The summed E-state index contributed by atoms with van der Waals surface area (Å²) in [5.74, 6) is -0.890. The molecule has 0 saturated carbocycles. The summed E-state index contributed by atoms with van der Waals surface area (Å²) in [7, 11) is 0. The second-order valence-electron chi connectivity index (χ2n) is 2.58. The van der Waals surface area contributed by atoms with Gasteiger partial charge in [-0.15, -0.1) is 11.3 Å². The molecule has 0 fully saturated rings. The number of carbonyl (C=O) groups is 1. The van der Waals surface area contributed by atoms with E-state index in [0.717, 1.165) is 10.5 Å². The van der Waals surface area contributed by atoms with Crippen molar-refractivity contribution in [1.82, 2.24) is 0 Å². The molecule has 0 atom stereocenters. The Morgan fingerprint density at radius 3 is 2.67 bits per heavy atom. The highest BCUT2D eigenvalue weighted by atomic mass is 32.1. The molecule has 64 valence electrons. The van der Waals surface area contributed by atoms with E-state index in [4.69, 9.17) is 5.11 Å². The maximum Gasteiger partial charge on any atom is 0.328 e. The van der Waals surface area contributed by atoms with Crippen molar-refractivity contribution in [2.45, 2.75) is 13.8 Å². The van der Waals surface area contributed by atoms with Crippen molar-refractivity contribution in [1.29, 1.82) is 0 Å². The number of aryl methyl sites for hydroxylation is 1. The highest BCUT2D eigenvalue weighted by Gasteiger charge is 2.00. The van der Waals surface area contributed by atoms with Gasteiger partial charge in [-0.1, -0.05) is 0 Å². The van der Waals surface area contributed by atoms with E-state index >= 15 is 0 Å². The Labute approximate surface area is 75.2 Å². The fraction of sp³-hybridized carbons (Fsp3) is 0.222. The molecule has 12 heavy (non-hydrogen) atoms. The van der Waals surface area contributed by atoms with Crippen LogP contribution in [0, 0.1) is 6.92 Å². The van der Waals surface area contributed by atoms with Crippen molar-refractivity contribution in [3.63, 3.8) is 0 Å². The molecule has 1 aromatic heterocycles. The molecule has 2 nitrogen and oxygen atoms in total. The van der Waals surface area contributed by atoms with Crippen molar-refractivity contribution < 1.29 is 9.90 Å². The van der Waals surface area contributed by atoms with Gasteiger partial charge in [0.2, 0.25) is 0 Å². The molecule has 0 aromatic carbocycles. The summed E-state index contributed by atoms with van der Waals surface area (Å²) in [6.45, 7) is 3.81. The maximum atomic E-state index is 10.3. The molecule has 0 radical (unpaired) electrons. The lowest BCUT2D eigenvalue weighted by Crippen LogP contribution is -1.88. The zero-order valence-corrected chi connectivity index (χ0v) is 7.81. The Morgan fingerprint density at radius 2 is 2.25 bits per heavy atom. The molecule has 1 aromatic rings. The summed E-state index contributed by atoms with van der Waals surface area (Å²) in [4.78, 5) is 12.5. The summed E-state index contributed by atoms with van der Waals surface area (Å²) in [5.41, 5.74) is 0.806. The van der Waals surface area contributed by atoms with Gasteiger partial charge in [0, 0.05) is 15.8 Å². The van der Waals surface area contributed by atoms with Gasteiger partial charge >= 0.3 is 5.97 Å². The number of rotatable bonds is 2. The van der Waals surface area contributed by atoms with Crippen molar-refractivity contribution in [3.8, 4) is 0 Å². The molecule has 0 aliphatic heterocycles. The Morgan fingerprint density at radius 1 is 1.58 bits per heavy atom. The topological polar surface area (TPSA) is 37.3 Å². The summed E-state index contributed by atoms with van der Waals surface area (Å²) < 4.78 is 0. The summed E-state index contributed by atoms with van der Waals surface area (Å²) >= 11 is 1.61. The molecule has 1 rings (SSSR count). The Kier molecular flexibility index (Phi) is 2.65. The smallest absolute Gasteiger partial charge is 0.328 e. The van der Waals surface area contributed by atoms with Gasteiger partial charge in [-0.3, -0.25) is 0 Å². The van der Waals surface area contributed by atoms with E-state index in [0.29, 0.717) is 0 Å². The average molecular weight is 182 g/mol. The average Bonchev–Trinajstić information content (AvgIpc) is 2.34. The molecule has 0 saturated heterocycles. The summed E-state index contributed by atoms with van der Waals surface area (Å²) in [5, 5.41) is 8.48. The standard InChI is InChI=1S/C9H10O2S/c1-6(5-9(10)11)8-4-3-7(2)12-8/h3-5H,1-2H3,(H,10,11)/b6-5-. The molecule has 1 N–H and O–H groups in total. The Balaban J connectivity index is 2.91. The molecule has 0 spiro atoms. The van der Waals surface area contributed by atoms with Crippen LogP contribution in [0.3, 0.4) is 0 Å². The first-order valence-corrected chi connectivity index (χ1v) is 4.39. The number of allylic oxidation sites excluding steroid dienone is 1. The molecule has 1 heterocycles. The quantitative estimate of drug-likeness (QED) is 0.714. The van der Waals surface area contributed by atoms with E-state index in [-0.39, 0.29) is 0 Å². The monoisotopic (exact) mass is 182 g/mol. The number of thiophene rings is 1. The van der Waals surface area contributed by atoms with E-state index < -0.39 is 5.97 Å². The second-order valence-corrected chi connectivity index (χ2v) is 3.86. The third kappa shape index (κ3) is 2.20. The van der Waals surface area contributed by atoms with Crippen LogP contribution < -0.4 is 0 Å². The molecule has 0 bridgehead atoms. The maximum absolute atomic E-state index is 10.3. The number of aliphatic carboxylic acids is 1. The van der Waals surface area contributed by atoms with Gasteiger partial charge in [0.05, 0.1) is 0 Å². The number of hydrogen-bond acceptors (Lipinski definition) is 2. The Bertz CT molecular complexity index is 323. The van der Waals surface area contributed by atoms with E-state index in [1.807, 2.05) is 19.1 Å². The first kappa shape index (κ1) is 9.00. The van der Waals surface area contributed by atoms with Crippen LogP contribution in [-0.4, -0.2) is 11.1 Å².